The maximum Gasteiger partial charge on any atom is 0.371 e. The van der Waals surface area contributed by atoms with Crippen LogP contribution in [0.25, 0.3) is 0 Å². The minimum absolute atomic E-state index is 0.00498. The van der Waals surface area contributed by atoms with Crippen molar-refractivity contribution in [1.29, 1.82) is 0 Å². The van der Waals surface area contributed by atoms with Gasteiger partial charge in [-0.05, 0) is 29.8 Å². The Morgan fingerprint density at radius 2 is 2.15 bits per heavy atom. The van der Waals surface area contributed by atoms with E-state index in [2.05, 4.69) is 15.9 Å². The molecular weight excluding hydrogens is 354 g/mol. The molecule has 0 saturated heterocycles. The van der Waals surface area contributed by atoms with Crippen molar-refractivity contribution in [2.24, 2.45) is 0 Å². The van der Waals surface area contributed by atoms with Crippen LogP contribution in [0.1, 0.15) is 24.4 Å². The quantitative estimate of drug-likeness (QED) is 0.786. The third-order valence-corrected chi connectivity index (χ3v) is 5.13. The Hall–Kier alpha value is -0.900. The lowest BCUT2D eigenvalue weighted by atomic mass is 10.5. The Balaban J connectivity index is 2.90. The fourth-order valence-electron chi connectivity index (χ4n) is 1.34. The molecule has 1 heterocycles. The number of likely N-dealkylation sites (N-methyl/N-ethyl adjacent to an activating group) is 1. The standard InChI is InChI=1S/C11H16BrNO6S/c1-7(2)18-5-4-13(3)20(16,17)9-6-8(11(14)15)19-10(9)12/h6-7H,4-5H2,1-3H3,(H,14,15). The Labute approximate surface area is 125 Å². The van der Waals surface area contributed by atoms with Crippen molar-refractivity contribution in [2.75, 3.05) is 20.2 Å². The van der Waals surface area contributed by atoms with Crippen molar-refractivity contribution >= 4 is 31.9 Å². The summed E-state index contributed by atoms with van der Waals surface area (Å²) >= 11 is 2.91. The van der Waals surface area contributed by atoms with E-state index in [4.69, 9.17) is 14.3 Å². The van der Waals surface area contributed by atoms with Gasteiger partial charge in [0.2, 0.25) is 15.8 Å². The van der Waals surface area contributed by atoms with E-state index in [1.807, 2.05) is 13.8 Å². The van der Waals surface area contributed by atoms with Gasteiger partial charge in [-0.1, -0.05) is 0 Å². The van der Waals surface area contributed by atoms with E-state index in [9.17, 15) is 13.2 Å². The van der Waals surface area contributed by atoms with Gasteiger partial charge in [0.15, 0.2) is 4.67 Å². The van der Waals surface area contributed by atoms with Crippen LogP contribution >= 0.6 is 15.9 Å². The van der Waals surface area contributed by atoms with Crippen LogP contribution in [0.2, 0.25) is 0 Å². The molecule has 9 heteroatoms. The highest BCUT2D eigenvalue weighted by Crippen LogP contribution is 2.28. The van der Waals surface area contributed by atoms with Crippen molar-refractivity contribution in [3.05, 3.63) is 16.5 Å². The second-order valence-corrected chi connectivity index (χ2v) is 7.03. The molecule has 0 radical (unpaired) electrons. The molecule has 1 N–H and O–H groups in total. The topological polar surface area (TPSA) is 97.0 Å². The average Bonchev–Trinajstić information content (AvgIpc) is 2.71. The number of aromatic carboxylic acids is 1. The minimum atomic E-state index is -3.83. The van der Waals surface area contributed by atoms with Crippen molar-refractivity contribution in [1.82, 2.24) is 4.31 Å². The second-order valence-electron chi connectivity index (χ2n) is 4.30. The number of hydrogen-bond donors (Lipinski definition) is 1. The van der Waals surface area contributed by atoms with Crippen LogP contribution in [0.5, 0.6) is 0 Å². The summed E-state index contributed by atoms with van der Waals surface area (Å²) in [5.41, 5.74) is 0. The monoisotopic (exact) mass is 369 g/mol. The molecule has 0 aromatic carbocycles. The highest BCUT2D eigenvalue weighted by molar-refractivity contribution is 9.10. The summed E-state index contributed by atoms with van der Waals surface area (Å²) in [6.45, 7) is 4.09. The van der Waals surface area contributed by atoms with Crippen LogP contribution in [-0.4, -0.2) is 50.1 Å². The first-order chi connectivity index (χ1) is 9.16. The van der Waals surface area contributed by atoms with Gasteiger partial charge in [0, 0.05) is 19.7 Å². The molecule has 7 nitrogen and oxygen atoms in total. The van der Waals surface area contributed by atoms with Crippen LogP contribution in [0.3, 0.4) is 0 Å². The van der Waals surface area contributed by atoms with Gasteiger partial charge in [0.1, 0.15) is 4.90 Å². The molecule has 20 heavy (non-hydrogen) atoms. The molecule has 0 aliphatic rings. The molecule has 114 valence electrons. The van der Waals surface area contributed by atoms with Crippen molar-refractivity contribution in [3.8, 4) is 0 Å². The van der Waals surface area contributed by atoms with Gasteiger partial charge >= 0.3 is 5.97 Å². The summed E-state index contributed by atoms with van der Waals surface area (Å²) in [5, 5.41) is 8.79. The number of hydrogen-bond acceptors (Lipinski definition) is 5. The van der Waals surface area contributed by atoms with Gasteiger partial charge in [0.05, 0.1) is 12.7 Å². The Morgan fingerprint density at radius 1 is 1.55 bits per heavy atom. The predicted molar refractivity (Wildman–Crippen MR) is 74.3 cm³/mol. The molecule has 0 amide bonds. The molecule has 1 aromatic heterocycles. The van der Waals surface area contributed by atoms with Gasteiger partial charge in [0.25, 0.3) is 0 Å². The largest absolute Gasteiger partial charge is 0.475 e. The predicted octanol–water partition coefficient (Wildman–Crippen LogP) is 1.79. The maximum absolute atomic E-state index is 12.3. The van der Waals surface area contributed by atoms with Crippen LogP contribution in [0.15, 0.2) is 20.0 Å². The smallest absolute Gasteiger partial charge is 0.371 e. The molecule has 0 spiro atoms. The molecule has 0 unspecified atom stereocenters. The molecule has 1 rings (SSSR count). The highest BCUT2D eigenvalue weighted by Gasteiger charge is 2.28. The third kappa shape index (κ3) is 4.05. The van der Waals surface area contributed by atoms with Crippen molar-refractivity contribution in [2.45, 2.75) is 24.8 Å². The van der Waals surface area contributed by atoms with E-state index in [1.54, 1.807) is 0 Å². The number of sulfonamides is 1. The van der Waals surface area contributed by atoms with Crippen molar-refractivity contribution < 1.29 is 27.5 Å². The number of nitrogens with zero attached hydrogens (tertiary/aromatic N) is 1. The lowest BCUT2D eigenvalue weighted by Crippen LogP contribution is -2.30. The van der Waals surface area contributed by atoms with E-state index < -0.39 is 21.8 Å². The van der Waals surface area contributed by atoms with Gasteiger partial charge < -0.3 is 14.3 Å². The first-order valence-electron chi connectivity index (χ1n) is 5.76. The summed E-state index contributed by atoms with van der Waals surface area (Å²) in [5.74, 6) is -1.78. The molecule has 0 bridgehead atoms. The van der Waals surface area contributed by atoms with Gasteiger partial charge in [-0.25, -0.2) is 13.2 Å². The number of ether oxygens (including phenoxy) is 1. The van der Waals surface area contributed by atoms with Crippen molar-refractivity contribution in [3.63, 3.8) is 0 Å². The van der Waals surface area contributed by atoms with Crippen LogP contribution in [-0.2, 0) is 14.8 Å². The maximum atomic E-state index is 12.3. The minimum Gasteiger partial charge on any atom is -0.475 e. The number of carboxylic acids is 1. The number of rotatable bonds is 7. The molecule has 0 saturated carbocycles. The van der Waals surface area contributed by atoms with Gasteiger partial charge in [-0.2, -0.15) is 4.31 Å². The molecule has 0 aliphatic heterocycles. The zero-order valence-corrected chi connectivity index (χ0v) is 13.7. The van der Waals surface area contributed by atoms with Gasteiger partial charge in [-0.3, -0.25) is 0 Å². The first kappa shape index (κ1) is 17.2. The van der Waals surface area contributed by atoms with E-state index in [1.165, 1.54) is 7.05 Å². The summed E-state index contributed by atoms with van der Waals surface area (Å²) in [7, 11) is -2.44. The first-order valence-corrected chi connectivity index (χ1v) is 8.00. The third-order valence-electron chi connectivity index (χ3n) is 2.41. The molecule has 0 atom stereocenters. The molecule has 1 aromatic rings. The Bertz CT molecular complexity index is 580. The van der Waals surface area contributed by atoms with Gasteiger partial charge in [-0.15, -0.1) is 0 Å². The normalized spacial score (nSPS) is 12.3. The Kier molecular flexibility index (Phi) is 5.75. The average molecular weight is 370 g/mol. The number of carbonyl (C=O) groups is 1. The lowest BCUT2D eigenvalue weighted by Gasteiger charge is -2.17. The van der Waals surface area contributed by atoms with Crippen LogP contribution < -0.4 is 0 Å². The second kappa shape index (κ2) is 6.70. The highest BCUT2D eigenvalue weighted by atomic mass is 79.9. The summed E-state index contributed by atoms with van der Waals surface area (Å²) < 4.78 is 35.6. The summed E-state index contributed by atoms with van der Waals surface area (Å²) in [6.07, 6.45) is 0.00498. The summed E-state index contributed by atoms with van der Waals surface area (Å²) in [6, 6.07) is 0.974. The van der Waals surface area contributed by atoms with Crippen LogP contribution in [0, 0.1) is 0 Å². The van der Waals surface area contributed by atoms with E-state index in [-0.39, 0.29) is 28.8 Å². The molecular formula is C11H16BrNO6S. The number of furan rings is 1. The fraction of sp³-hybridized carbons (Fsp3) is 0.545. The van der Waals surface area contributed by atoms with E-state index in [0.29, 0.717) is 0 Å². The summed E-state index contributed by atoms with van der Waals surface area (Å²) in [4.78, 5) is 10.5. The Morgan fingerprint density at radius 3 is 2.60 bits per heavy atom. The number of carboxylic acid groups (broad SMARTS) is 1. The van der Waals surface area contributed by atoms with E-state index >= 15 is 0 Å². The molecule has 0 aliphatic carbocycles. The fourth-order valence-corrected chi connectivity index (χ4v) is 3.39. The SMILES string of the molecule is CC(C)OCCN(C)S(=O)(=O)c1cc(C(=O)O)oc1Br. The zero-order valence-electron chi connectivity index (χ0n) is 11.3. The van der Waals surface area contributed by atoms with E-state index in [0.717, 1.165) is 10.4 Å². The molecule has 0 fully saturated rings. The lowest BCUT2D eigenvalue weighted by molar-refractivity contribution is 0.0660. The van der Waals surface area contributed by atoms with Crippen LogP contribution in [0.4, 0.5) is 0 Å². The zero-order chi connectivity index (χ0) is 15.5. The number of halogens is 1.